The Hall–Kier alpha value is -4.37. The van der Waals surface area contributed by atoms with Crippen LogP contribution in [0.1, 0.15) is 0 Å². The zero-order chi connectivity index (χ0) is 24.4. The molecule has 0 aliphatic carbocycles. The van der Waals surface area contributed by atoms with Crippen molar-refractivity contribution in [2.24, 2.45) is 0 Å². The quantitative estimate of drug-likeness (QED) is 0.387. The standard InChI is InChI=1S/C26H23FN6O2/c1-3-24(34)31-21-12-18(7-8-23(21)35-19-14-33(2)15-19)30-26-29-13-22-25(32-26)20(9-10-28-22)16-5-4-6-17(27)11-16/h3-13,19H,1,14-15H2,2H3,(H,31,34)(H,29,30,32). The number of amides is 1. The number of anilines is 3. The number of aromatic nitrogens is 3. The van der Waals surface area contributed by atoms with Crippen molar-refractivity contribution in [3.63, 3.8) is 0 Å². The van der Waals surface area contributed by atoms with Gasteiger partial charge in [-0.15, -0.1) is 0 Å². The van der Waals surface area contributed by atoms with Gasteiger partial charge in [0.05, 0.1) is 11.9 Å². The first-order valence-corrected chi connectivity index (χ1v) is 11.1. The molecule has 1 amide bonds. The lowest BCUT2D eigenvalue weighted by atomic mass is 10.1. The van der Waals surface area contributed by atoms with Gasteiger partial charge in [0, 0.05) is 30.5 Å². The first kappa shape index (κ1) is 22.4. The van der Waals surface area contributed by atoms with Crippen molar-refractivity contribution in [2.45, 2.75) is 6.10 Å². The molecule has 1 saturated heterocycles. The molecule has 1 fully saturated rings. The van der Waals surface area contributed by atoms with Crippen LogP contribution in [0.15, 0.2) is 73.6 Å². The van der Waals surface area contributed by atoms with Crippen molar-refractivity contribution < 1.29 is 13.9 Å². The number of ether oxygens (including phenoxy) is 1. The normalized spacial score (nSPS) is 13.8. The summed E-state index contributed by atoms with van der Waals surface area (Å²) in [6, 6.07) is 13.5. The van der Waals surface area contributed by atoms with Gasteiger partial charge in [-0.1, -0.05) is 18.7 Å². The highest BCUT2D eigenvalue weighted by Crippen LogP contribution is 2.32. The lowest BCUT2D eigenvalue weighted by Crippen LogP contribution is -2.51. The molecule has 5 rings (SSSR count). The molecule has 3 heterocycles. The van der Waals surface area contributed by atoms with E-state index in [-0.39, 0.29) is 17.8 Å². The number of likely N-dealkylation sites (tertiary alicyclic amines) is 1. The molecule has 2 N–H and O–H groups in total. The van der Waals surface area contributed by atoms with Gasteiger partial charge in [0.15, 0.2) is 0 Å². The van der Waals surface area contributed by atoms with Crippen LogP contribution in [-0.2, 0) is 4.79 Å². The molecular weight excluding hydrogens is 447 g/mol. The van der Waals surface area contributed by atoms with Crippen molar-refractivity contribution in [3.05, 3.63) is 79.4 Å². The molecule has 0 unspecified atom stereocenters. The Labute approximate surface area is 201 Å². The summed E-state index contributed by atoms with van der Waals surface area (Å²) in [5.74, 6) is 0.231. The van der Waals surface area contributed by atoms with E-state index in [1.54, 1.807) is 36.7 Å². The van der Waals surface area contributed by atoms with Gasteiger partial charge in [0.25, 0.3) is 0 Å². The van der Waals surface area contributed by atoms with Crippen LogP contribution in [0.3, 0.4) is 0 Å². The van der Waals surface area contributed by atoms with Gasteiger partial charge in [-0.2, -0.15) is 0 Å². The van der Waals surface area contributed by atoms with Crippen LogP contribution >= 0.6 is 0 Å². The second-order valence-electron chi connectivity index (χ2n) is 8.29. The first-order valence-electron chi connectivity index (χ1n) is 11.1. The Kier molecular flexibility index (Phi) is 6.07. The predicted molar refractivity (Wildman–Crippen MR) is 133 cm³/mol. The Balaban J connectivity index is 1.45. The minimum absolute atomic E-state index is 0.0655. The van der Waals surface area contributed by atoms with Gasteiger partial charge in [-0.05, 0) is 55.1 Å². The summed E-state index contributed by atoms with van der Waals surface area (Å²) in [5, 5.41) is 5.96. The smallest absolute Gasteiger partial charge is 0.247 e. The first-order chi connectivity index (χ1) is 17.0. The van der Waals surface area contributed by atoms with Crippen LogP contribution in [0, 0.1) is 5.82 Å². The largest absolute Gasteiger partial charge is 0.486 e. The molecule has 0 atom stereocenters. The van der Waals surface area contributed by atoms with Gasteiger partial charge in [0.2, 0.25) is 11.9 Å². The average Bonchev–Trinajstić information content (AvgIpc) is 2.84. The van der Waals surface area contributed by atoms with E-state index in [1.165, 1.54) is 18.2 Å². The van der Waals surface area contributed by atoms with E-state index in [0.29, 0.717) is 39.7 Å². The van der Waals surface area contributed by atoms with Crippen LogP contribution in [-0.4, -0.2) is 52.0 Å². The number of carbonyl (C=O) groups excluding carboxylic acids is 1. The Bertz CT molecular complexity index is 1420. The van der Waals surface area contributed by atoms with Crippen LogP contribution in [0.4, 0.5) is 21.7 Å². The molecule has 8 nitrogen and oxygen atoms in total. The number of halogens is 1. The van der Waals surface area contributed by atoms with E-state index in [9.17, 15) is 9.18 Å². The lowest BCUT2D eigenvalue weighted by Gasteiger charge is -2.36. The summed E-state index contributed by atoms with van der Waals surface area (Å²) in [6.07, 6.45) is 4.52. The van der Waals surface area contributed by atoms with Gasteiger partial charge in [-0.3, -0.25) is 14.7 Å². The molecule has 2 aromatic carbocycles. The molecule has 0 radical (unpaired) electrons. The van der Waals surface area contributed by atoms with Gasteiger partial charge >= 0.3 is 0 Å². The Morgan fingerprint density at radius 3 is 2.83 bits per heavy atom. The highest BCUT2D eigenvalue weighted by molar-refractivity contribution is 6.00. The number of nitrogens with zero attached hydrogens (tertiary/aromatic N) is 4. The lowest BCUT2D eigenvalue weighted by molar-refractivity contribution is -0.111. The summed E-state index contributed by atoms with van der Waals surface area (Å²) >= 11 is 0. The molecule has 4 aromatic rings. The van der Waals surface area contributed by atoms with Crippen molar-refractivity contribution >= 4 is 34.3 Å². The topological polar surface area (TPSA) is 92.3 Å². The van der Waals surface area contributed by atoms with Crippen LogP contribution < -0.4 is 15.4 Å². The molecule has 1 aliphatic rings. The maximum atomic E-state index is 13.8. The molecule has 0 spiro atoms. The van der Waals surface area contributed by atoms with Gasteiger partial charge in [-0.25, -0.2) is 14.4 Å². The van der Waals surface area contributed by atoms with Crippen LogP contribution in [0.5, 0.6) is 5.75 Å². The van der Waals surface area contributed by atoms with Crippen LogP contribution in [0.25, 0.3) is 22.2 Å². The molecule has 0 saturated carbocycles. The summed E-state index contributed by atoms with van der Waals surface area (Å²) in [7, 11) is 2.02. The third kappa shape index (κ3) is 4.95. The third-order valence-electron chi connectivity index (χ3n) is 5.62. The molecule has 2 aromatic heterocycles. The number of hydrogen-bond donors (Lipinski definition) is 2. The number of hydrogen-bond acceptors (Lipinski definition) is 7. The van der Waals surface area contributed by atoms with Crippen molar-refractivity contribution in [2.75, 3.05) is 30.8 Å². The van der Waals surface area contributed by atoms with E-state index in [4.69, 9.17) is 4.74 Å². The van der Waals surface area contributed by atoms with E-state index in [2.05, 4.69) is 37.1 Å². The third-order valence-corrected chi connectivity index (χ3v) is 5.62. The molecule has 176 valence electrons. The predicted octanol–water partition coefficient (Wildman–Crippen LogP) is 4.39. The number of carbonyl (C=O) groups is 1. The minimum atomic E-state index is -0.342. The average molecular weight is 471 g/mol. The minimum Gasteiger partial charge on any atom is -0.486 e. The fourth-order valence-corrected chi connectivity index (χ4v) is 3.91. The summed E-state index contributed by atoms with van der Waals surface area (Å²) in [6.45, 7) is 5.16. The van der Waals surface area contributed by atoms with Gasteiger partial charge in [0.1, 0.15) is 28.7 Å². The molecule has 9 heteroatoms. The second kappa shape index (κ2) is 9.47. The Morgan fingerprint density at radius 2 is 2.06 bits per heavy atom. The SMILES string of the molecule is C=CC(=O)Nc1cc(Nc2ncc3nccc(-c4cccc(F)c4)c3n2)ccc1OC1CN(C)C1. The molecule has 35 heavy (non-hydrogen) atoms. The number of likely N-dealkylation sites (N-methyl/N-ethyl adjacent to an activating group) is 1. The number of benzene rings is 2. The fourth-order valence-electron chi connectivity index (χ4n) is 3.91. The maximum Gasteiger partial charge on any atom is 0.247 e. The second-order valence-corrected chi connectivity index (χ2v) is 8.29. The molecule has 1 aliphatic heterocycles. The van der Waals surface area contributed by atoms with Crippen molar-refractivity contribution in [3.8, 4) is 16.9 Å². The summed E-state index contributed by atoms with van der Waals surface area (Å²) in [5.41, 5.74) is 3.78. The van der Waals surface area contributed by atoms with Crippen molar-refractivity contribution in [1.29, 1.82) is 0 Å². The van der Waals surface area contributed by atoms with E-state index < -0.39 is 0 Å². The highest BCUT2D eigenvalue weighted by atomic mass is 19.1. The number of pyridine rings is 1. The maximum absolute atomic E-state index is 13.8. The summed E-state index contributed by atoms with van der Waals surface area (Å²) < 4.78 is 19.9. The highest BCUT2D eigenvalue weighted by Gasteiger charge is 2.26. The fraction of sp³-hybridized carbons (Fsp3) is 0.154. The summed E-state index contributed by atoms with van der Waals surface area (Å²) in [4.78, 5) is 27.5. The zero-order valence-corrected chi connectivity index (χ0v) is 19.0. The van der Waals surface area contributed by atoms with E-state index >= 15 is 0 Å². The van der Waals surface area contributed by atoms with E-state index in [1.807, 2.05) is 19.2 Å². The Morgan fingerprint density at radius 1 is 1.20 bits per heavy atom. The van der Waals surface area contributed by atoms with E-state index in [0.717, 1.165) is 18.7 Å². The van der Waals surface area contributed by atoms with Crippen molar-refractivity contribution in [1.82, 2.24) is 19.9 Å². The molecule has 0 bridgehead atoms. The zero-order valence-electron chi connectivity index (χ0n) is 19.0. The van der Waals surface area contributed by atoms with Crippen LogP contribution in [0.2, 0.25) is 0 Å². The monoisotopic (exact) mass is 470 g/mol. The number of fused-ring (bicyclic) bond motifs is 1. The van der Waals surface area contributed by atoms with Gasteiger partial charge < -0.3 is 15.4 Å². The number of nitrogens with one attached hydrogen (secondary N) is 2. The number of rotatable bonds is 7. The molecular formula is C26H23FN6O2.